The number of nitrogens with one attached hydrogen (secondary N) is 1. The smallest absolute Gasteiger partial charge is 0.303 e. The highest BCUT2D eigenvalue weighted by Crippen LogP contribution is 2.46. The van der Waals surface area contributed by atoms with Gasteiger partial charge < -0.3 is 19.7 Å². The molecule has 2 atom stereocenters. The fraction of sp³-hybridized carbons (Fsp3) is 0.391. The Balaban J connectivity index is 2.01. The Morgan fingerprint density at radius 1 is 1.17 bits per heavy atom. The monoisotopic (exact) mass is 428 g/mol. The van der Waals surface area contributed by atoms with Crippen LogP contribution in [0.4, 0.5) is 5.69 Å². The van der Waals surface area contributed by atoms with Crippen molar-refractivity contribution in [2.75, 3.05) is 25.1 Å². The zero-order chi connectivity index (χ0) is 21.7. The number of carbonyl (C=O) groups excluding carboxylic acids is 2. The van der Waals surface area contributed by atoms with Gasteiger partial charge in [-0.05, 0) is 29.8 Å². The highest BCUT2D eigenvalue weighted by Gasteiger charge is 2.40. The van der Waals surface area contributed by atoms with Crippen LogP contribution in [0.3, 0.4) is 0 Å². The second-order valence-corrected chi connectivity index (χ2v) is 8.59. The highest BCUT2D eigenvalue weighted by molar-refractivity contribution is 7.99. The third kappa shape index (κ3) is 5.15. The summed E-state index contributed by atoms with van der Waals surface area (Å²) in [5.41, 5.74) is 1.74. The summed E-state index contributed by atoms with van der Waals surface area (Å²) >= 11 is 1.54. The van der Waals surface area contributed by atoms with E-state index >= 15 is 0 Å². The molecule has 0 unspecified atom stereocenters. The standard InChI is InChI=1S/C23H28N2O4S/c1-15(2)24-13-14-25-19-7-5-6-8-20(19)30-22(21(23(25)27)29-16(3)26)17-9-11-18(28-4)12-10-17/h5-12,15,21-22,24H,13-14H2,1-4H3/t21-,22+/m1/s1. The predicted molar refractivity (Wildman–Crippen MR) is 119 cm³/mol. The van der Waals surface area contributed by atoms with Gasteiger partial charge in [0.25, 0.3) is 5.91 Å². The summed E-state index contributed by atoms with van der Waals surface area (Å²) in [6.07, 6.45) is -0.924. The van der Waals surface area contributed by atoms with Crippen molar-refractivity contribution in [2.24, 2.45) is 0 Å². The van der Waals surface area contributed by atoms with Gasteiger partial charge in [-0.2, -0.15) is 0 Å². The van der Waals surface area contributed by atoms with E-state index in [1.807, 2.05) is 48.5 Å². The number of esters is 1. The van der Waals surface area contributed by atoms with Gasteiger partial charge in [0.2, 0.25) is 0 Å². The van der Waals surface area contributed by atoms with Crippen molar-refractivity contribution < 1.29 is 19.1 Å². The van der Waals surface area contributed by atoms with E-state index in [2.05, 4.69) is 19.2 Å². The zero-order valence-electron chi connectivity index (χ0n) is 17.8. The number of amides is 1. The molecule has 160 valence electrons. The molecular formula is C23H28N2O4S. The lowest BCUT2D eigenvalue weighted by Gasteiger charge is -2.28. The van der Waals surface area contributed by atoms with Crippen molar-refractivity contribution >= 4 is 29.3 Å². The molecule has 2 aromatic rings. The van der Waals surface area contributed by atoms with Crippen LogP contribution in [0.25, 0.3) is 0 Å². The maximum Gasteiger partial charge on any atom is 0.303 e. The van der Waals surface area contributed by atoms with Gasteiger partial charge in [0.15, 0.2) is 6.10 Å². The number of rotatable bonds is 7. The van der Waals surface area contributed by atoms with Crippen LogP contribution >= 0.6 is 11.8 Å². The first-order valence-electron chi connectivity index (χ1n) is 10.0. The number of para-hydroxylation sites is 1. The molecule has 0 saturated carbocycles. The van der Waals surface area contributed by atoms with Gasteiger partial charge in [-0.1, -0.05) is 38.1 Å². The maximum atomic E-state index is 13.6. The minimum Gasteiger partial charge on any atom is -0.497 e. The molecule has 6 nitrogen and oxygen atoms in total. The lowest BCUT2D eigenvalue weighted by atomic mass is 10.1. The Hall–Kier alpha value is -2.51. The number of nitrogens with zero attached hydrogens (tertiary/aromatic N) is 1. The van der Waals surface area contributed by atoms with Crippen LogP contribution in [-0.2, 0) is 14.3 Å². The molecule has 1 amide bonds. The lowest BCUT2D eigenvalue weighted by Crippen LogP contribution is -2.45. The van der Waals surface area contributed by atoms with Gasteiger partial charge in [-0.3, -0.25) is 9.59 Å². The van der Waals surface area contributed by atoms with E-state index in [1.165, 1.54) is 6.92 Å². The Morgan fingerprint density at radius 3 is 2.50 bits per heavy atom. The molecule has 1 N–H and O–H groups in total. The van der Waals surface area contributed by atoms with Crippen molar-refractivity contribution in [1.29, 1.82) is 0 Å². The van der Waals surface area contributed by atoms with Crippen molar-refractivity contribution in [3.63, 3.8) is 0 Å². The Bertz CT molecular complexity index is 885. The highest BCUT2D eigenvalue weighted by atomic mass is 32.2. The molecule has 0 saturated heterocycles. The quantitative estimate of drug-likeness (QED) is 0.677. The van der Waals surface area contributed by atoms with E-state index in [9.17, 15) is 9.59 Å². The first kappa shape index (κ1) is 22.2. The largest absolute Gasteiger partial charge is 0.497 e. The molecule has 1 heterocycles. The van der Waals surface area contributed by atoms with E-state index in [4.69, 9.17) is 9.47 Å². The molecule has 1 aliphatic heterocycles. The molecule has 2 aromatic carbocycles. The Morgan fingerprint density at radius 2 is 1.87 bits per heavy atom. The van der Waals surface area contributed by atoms with Crippen LogP contribution in [0, 0.1) is 0 Å². The van der Waals surface area contributed by atoms with Gasteiger partial charge in [0.05, 0.1) is 18.0 Å². The SMILES string of the molecule is COc1ccc([C@@H]2Sc3ccccc3N(CCNC(C)C)C(=O)[C@@H]2OC(C)=O)cc1. The predicted octanol–water partition coefficient (Wildman–Crippen LogP) is 3.80. The summed E-state index contributed by atoms with van der Waals surface area (Å²) in [6, 6.07) is 15.7. The fourth-order valence-electron chi connectivity index (χ4n) is 3.40. The van der Waals surface area contributed by atoms with Gasteiger partial charge >= 0.3 is 5.97 Å². The van der Waals surface area contributed by atoms with E-state index in [-0.39, 0.29) is 11.2 Å². The normalized spacial score (nSPS) is 18.7. The van der Waals surface area contributed by atoms with Crippen molar-refractivity contribution in [2.45, 2.75) is 43.1 Å². The molecule has 30 heavy (non-hydrogen) atoms. The summed E-state index contributed by atoms with van der Waals surface area (Å²) < 4.78 is 10.8. The van der Waals surface area contributed by atoms with Crippen molar-refractivity contribution in [1.82, 2.24) is 5.32 Å². The zero-order valence-corrected chi connectivity index (χ0v) is 18.6. The van der Waals surface area contributed by atoms with Crippen LogP contribution in [0.2, 0.25) is 0 Å². The van der Waals surface area contributed by atoms with Crippen molar-refractivity contribution in [3.05, 3.63) is 54.1 Å². The molecule has 1 aliphatic rings. The average molecular weight is 429 g/mol. The number of thioether (sulfide) groups is 1. The first-order chi connectivity index (χ1) is 14.4. The summed E-state index contributed by atoms with van der Waals surface area (Å²) in [5.74, 6) is 0.0437. The van der Waals surface area contributed by atoms with Gasteiger partial charge in [-0.25, -0.2) is 0 Å². The topological polar surface area (TPSA) is 67.9 Å². The van der Waals surface area contributed by atoms with Gasteiger partial charge in [-0.15, -0.1) is 11.8 Å². The Labute approximate surface area is 181 Å². The number of ether oxygens (including phenoxy) is 2. The van der Waals surface area contributed by atoms with Crippen LogP contribution < -0.4 is 15.0 Å². The number of anilines is 1. The van der Waals surface area contributed by atoms with Gasteiger partial charge in [0.1, 0.15) is 5.75 Å². The summed E-state index contributed by atoms with van der Waals surface area (Å²) in [5, 5.41) is 2.99. The van der Waals surface area contributed by atoms with E-state index in [0.29, 0.717) is 19.1 Å². The lowest BCUT2D eigenvalue weighted by molar-refractivity contribution is -0.152. The number of hydrogen-bond acceptors (Lipinski definition) is 6. The first-order valence-corrected chi connectivity index (χ1v) is 10.9. The number of benzene rings is 2. The molecule has 7 heteroatoms. The number of carbonyl (C=O) groups is 2. The number of hydrogen-bond donors (Lipinski definition) is 1. The van der Waals surface area contributed by atoms with Crippen molar-refractivity contribution in [3.8, 4) is 5.75 Å². The number of methoxy groups -OCH3 is 1. The summed E-state index contributed by atoms with van der Waals surface area (Å²) in [7, 11) is 1.61. The molecular weight excluding hydrogens is 400 g/mol. The Kier molecular flexibility index (Phi) is 7.39. The third-order valence-electron chi connectivity index (χ3n) is 4.82. The van der Waals surface area contributed by atoms with E-state index in [1.54, 1.807) is 23.8 Å². The minimum absolute atomic E-state index is 0.214. The molecule has 0 aromatic heterocycles. The van der Waals surface area contributed by atoms with Crippen LogP contribution in [-0.4, -0.2) is 44.2 Å². The molecule has 0 fully saturated rings. The second kappa shape index (κ2) is 10.00. The molecule has 0 aliphatic carbocycles. The minimum atomic E-state index is -0.924. The maximum absolute atomic E-state index is 13.6. The van der Waals surface area contributed by atoms with Crippen LogP contribution in [0.5, 0.6) is 5.75 Å². The average Bonchev–Trinajstić information content (AvgIpc) is 2.83. The molecule has 3 rings (SSSR count). The van der Waals surface area contributed by atoms with E-state index < -0.39 is 12.1 Å². The van der Waals surface area contributed by atoms with E-state index in [0.717, 1.165) is 21.9 Å². The number of fused-ring (bicyclic) bond motifs is 1. The molecule has 0 spiro atoms. The third-order valence-corrected chi connectivity index (χ3v) is 6.19. The van der Waals surface area contributed by atoms with Crippen LogP contribution in [0.15, 0.2) is 53.4 Å². The summed E-state index contributed by atoms with van der Waals surface area (Å²) in [6.45, 7) is 6.60. The summed E-state index contributed by atoms with van der Waals surface area (Å²) in [4.78, 5) is 28.2. The van der Waals surface area contributed by atoms with Crippen LogP contribution in [0.1, 0.15) is 31.6 Å². The fourth-order valence-corrected chi connectivity index (χ4v) is 4.72. The second-order valence-electron chi connectivity index (χ2n) is 7.41. The van der Waals surface area contributed by atoms with Gasteiger partial charge in [0, 0.05) is 31.0 Å². The molecule has 0 bridgehead atoms. The molecule has 0 radical (unpaired) electrons.